The van der Waals surface area contributed by atoms with Crippen molar-refractivity contribution in [3.8, 4) is 5.75 Å². The third kappa shape index (κ3) is 5.01. The molecule has 0 radical (unpaired) electrons. The van der Waals surface area contributed by atoms with Crippen molar-refractivity contribution in [2.24, 2.45) is 4.99 Å². The van der Waals surface area contributed by atoms with Crippen molar-refractivity contribution >= 4 is 6.21 Å². The second kappa shape index (κ2) is 7.92. The standard InChI is InChI=1S/C15H22N2O2/c1-2-19-15-5-3-14(4-6-15)13-16-7-8-17-9-11-18-12-10-17/h3-6,13H,2,7-12H2,1H3. The molecule has 0 bridgehead atoms. The van der Waals surface area contributed by atoms with Crippen LogP contribution in [0.2, 0.25) is 0 Å². The molecule has 0 amide bonds. The van der Waals surface area contributed by atoms with Gasteiger partial charge in [0.25, 0.3) is 0 Å². The largest absolute Gasteiger partial charge is 0.494 e. The van der Waals surface area contributed by atoms with E-state index < -0.39 is 0 Å². The summed E-state index contributed by atoms with van der Waals surface area (Å²) in [6.07, 6.45) is 1.93. The van der Waals surface area contributed by atoms with Crippen molar-refractivity contribution in [3.63, 3.8) is 0 Å². The molecule has 4 nitrogen and oxygen atoms in total. The Morgan fingerprint density at radius 3 is 2.68 bits per heavy atom. The summed E-state index contributed by atoms with van der Waals surface area (Å²) in [5.74, 6) is 0.910. The van der Waals surface area contributed by atoms with Gasteiger partial charge in [-0.3, -0.25) is 9.89 Å². The Kier molecular flexibility index (Phi) is 5.85. The quantitative estimate of drug-likeness (QED) is 0.734. The summed E-state index contributed by atoms with van der Waals surface area (Å²) in [5.41, 5.74) is 1.12. The van der Waals surface area contributed by atoms with Crippen LogP contribution in [0.5, 0.6) is 5.75 Å². The molecule has 4 heteroatoms. The molecule has 0 aromatic heterocycles. The Morgan fingerprint density at radius 1 is 1.26 bits per heavy atom. The van der Waals surface area contributed by atoms with Crippen LogP contribution in [0.1, 0.15) is 12.5 Å². The molecule has 2 rings (SSSR count). The Hall–Kier alpha value is -1.39. The lowest BCUT2D eigenvalue weighted by atomic mass is 10.2. The van der Waals surface area contributed by atoms with Gasteiger partial charge in [-0.1, -0.05) is 0 Å². The number of morpholine rings is 1. The van der Waals surface area contributed by atoms with E-state index in [4.69, 9.17) is 9.47 Å². The average molecular weight is 262 g/mol. The molecule has 0 spiro atoms. The van der Waals surface area contributed by atoms with Crippen molar-refractivity contribution in [3.05, 3.63) is 29.8 Å². The van der Waals surface area contributed by atoms with Gasteiger partial charge in [-0.25, -0.2) is 0 Å². The van der Waals surface area contributed by atoms with Crippen LogP contribution in [-0.4, -0.2) is 57.1 Å². The molecule has 1 aromatic carbocycles. The maximum atomic E-state index is 5.40. The van der Waals surface area contributed by atoms with E-state index in [1.807, 2.05) is 37.4 Å². The monoisotopic (exact) mass is 262 g/mol. The highest BCUT2D eigenvalue weighted by atomic mass is 16.5. The third-order valence-corrected chi connectivity index (χ3v) is 3.08. The lowest BCUT2D eigenvalue weighted by Crippen LogP contribution is -2.37. The van der Waals surface area contributed by atoms with Gasteiger partial charge < -0.3 is 9.47 Å². The minimum Gasteiger partial charge on any atom is -0.494 e. The first-order valence-corrected chi connectivity index (χ1v) is 6.91. The van der Waals surface area contributed by atoms with Gasteiger partial charge in [-0.2, -0.15) is 0 Å². The number of aliphatic imine (C=N–C) groups is 1. The second-order valence-corrected chi connectivity index (χ2v) is 4.49. The fraction of sp³-hybridized carbons (Fsp3) is 0.533. The number of rotatable bonds is 6. The van der Waals surface area contributed by atoms with Crippen molar-refractivity contribution < 1.29 is 9.47 Å². The SMILES string of the molecule is CCOc1ccc(C=NCCN2CCOCC2)cc1. The second-order valence-electron chi connectivity index (χ2n) is 4.49. The van der Waals surface area contributed by atoms with Gasteiger partial charge >= 0.3 is 0 Å². The van der Waals surface area contributed by atoms with E-state index in [0.717, 1.165) is 50.7 Å². The fourth-order valence-electron chi connectivity index (χ4n) is 2.01. The predicted molar refractivity (Wildman–Crippen MR) is 77.3 cm³/mol. The molecule has 19 heavy (non-hydrogen) atoms. The molecule has 0 saturated carbocycles. The first-order valence-electron chi connectivity index (χ1n) is 6.91. The van der Waals surface area contributed by atoms with Gasteiger partial charge in [0.1, 0.15) is 5.75 Å². The maximum absolute atomic E-state index is 5.40. The first kappa shape index (κ1) is 14.0. The fourth-order valence-corrected chi connectivity index (χ4v) is 2.01. The molecule has 1 heterocycles. The highest BCUT2D eigenvalue weighted by Gasteiger charge is 2.08. The number of hydrogen-bond donors (Lipinski definition) is 0. The molecule has 0 N–H and O–H groups in total. The summed E-state index contributed by atoms with van der Waals surface area (Å²) >= 11 is 0. The molecule has 1 saturated heterocycles. The van der Waals surface area contributed by atoms with Gasteiger partial charge in [0.15, 0.2) is 0 Å². The van der Waals surface area contributed by atoms with Crippen molar-refractivity contribution in [1.82, 2.24) is 4.90 Å². The Morgan fingerprint density at radius 2 is 2.00 bits per heavy atom. The third-order valence-electron chi connectivity index (χ3n) is 3.08. The zero-order chi connectivity index (χ0) is 13.3. The molecule has 0 aliphatic carbocycles. The number of hydrogen-bond acceptors (Lipinski definition) is 4. The molecule has 104 valence electrons. The Bertz CT molecular complexity index is 384. The van der Waals surface area contributed by atoms with Crippen LogP contribution in [0.15, 0.2) is 29.3 Å². The van der Waals surface area contributed by atoms with E-state index in [0.29, 0.717) is 6.61 Å². The number of nitrogens with zero attached hydrogens (tertiary/aromatic N) is 2. The Labute approximate surface area is 115 Å². The number of benzene rings is 1. The zero-order valence-electron chi connectivity index (χ0n) is 11.5. The normalized spacial score (nSPS) is 16.9. The zero-order valence-corrected chi connectivity index (χ0v) is 11.5. The van der Waals surface area contributed by atoms with Gasteiger partial charge in [0.05, 0.1) is 26.4 Å². The van der Waals surface area contributed by atoms with E-state index in [1.54, 1.807) is 0 Å². The first-order chi connectivity index (χ1) is 9.38. The molecule has 0 unspecified atom stereocenters. The highest BCUT2D eigenvalue weighted by molar-refractivity contribution is 5.79. The predicted octanol–water partition coefficient (Wildman–Crippen LogP) is 1.84. The van der Waals surface area contributed by atoms with E-state index in [2.05, 4.69) is 9.89 Å². The molecule has 1 aliphatic heterocycles. The average Bonchev–Trinajstić information content (AvgIpc) is 2.47. The lowest BCUT2D eigenvalue weighted by Gasteiger charge is -2.25. The maximum Gasteiger partial charge on any atom is 0.119 e. The minimum absolute atomic E-state index is 0.701. The molecule has 1 aliphatic rings. The highest BCUT2D eigenvalue weighted by Crippen LogP contribution is 2.10. The lowest BCUT2D eigenvalue weighted by molar-refractivity contribution is 0.0395. The van der Waals surface area contributed by atoms with Crippen LogP contribution in [0, 0.1) is 0 Å². The minimum atomic E-state index is 0.701. The number of ether oxygens (including phenoxy) is 2. The molecule has 1 aromatic rings. The Balaban J connectivity index is 1.72. The van der Waals surface area contributed by atoms with Crippen LogP contribution in [-0.2, 0) is 4.74 Å². The van der Waals surface area contributed by atoms with Gasteiger partial charge in [0, 0.05) is 25.8 Å². The summed E-state index contributed by atoms with van der Waals surface area (Å²) in [6, 6.07) is 8.02. The van der Waals surface area contributed by atoms with Crippen molar-refractivity contribution in [2.75, 3.05) is 46.0 Å². The van der Waals surface area contributed by atoms with Crippen molar-refractivity contribution in [2.45, 2.75) is 6.92 Å². The van der Waals surface area contributed by atoms with Crippen LogP contribution < -0.4 is 4.74 Å². The smallest absolute Gasteiger partial charge is 0.119 e. The molecular formula is C15H22N2O2. The van der Waals surface area contributed by atoms with E-state index in [9.17, 15) is 0 Å². The van der Waals surface area contributed by atoms with Crippen LogP contribution in [0.3, 0.4) is 0 Å². The van der Waals surface area contributed by atoms with Crippen LogP contribution >= 0.6 is 0 Å². The summed E-state index contributed by atoms with van der Waals surface area (Å²) in [6.45, 7) is 8.29. The van der Waals surface area contributed by atoms with Gasteiger partial charge in [0.2, 0.25) is 0 Å². The van der Waals surface area contributed by atoms with Gasteiger partial charge in [-0.15, -0.1) is 0 Å². The molecule has 0 atom stereocenters. The summed E-state index contributed by atoms with van der Waals surface area (Å²) in [7, 11) is 0. The summed E-state index contributed by atoms with van der Waals surface area (Å²) in [4.78, 5) is 6.85. The molecule has 1 fully saturated rings. The summed E-state index contributed by atoms with van der Waals surface area (Å²) in [5, 5.41) is 0. The van der Waals surface area contributed by atoms with Crippen molar-refractivity contribution in [1.29, 1.82) is 0 Å². The van der Waals surface area contributed by atoms with Gasteiger partial charge in [-0.05, 0) is 36.8 Å². The van der Waals surface area contributed by atoms with E-state index in [1.165, 1.54) is 0 Å². The van der Waals surface area contributed by atoms with Crippen LogP contribution in [0.4, 0.5) is 0 Å². The van der Waals surface area contributed by atoms with Crippen LogP contribution in [0.25, 0.3) is 0 Å². The summed E-state index contributed by atoms with van der Waals surface area (Å²) < 4.78 is 10.7. The molecular weight excluding hydrogens is 240 g/mol. The van der Waals surface area contributed by atoms with E-state index >= 15 is 0 Å². The topological polar surface area (TPSA) is 34.1 Å². The van der Waals surface area contributed by atoms with E-state index in [-0.39, 0.29) is 0 Å².